The van der Waals surface area contributed by atoms with Crippen molar-refractivity contribution < 1.29 is 4.74 Å². The molecular weight excluding hydrogens is 198 g/mol. The first-order valence-corrected chi connectivity index (χ1v) is 7.17. The van der Waals surface area contributed by atoms with E-state index < -0.39 is 0 Å². The molecule has 92 valence electrons. The average molecular weight is 223 g/mol. The lowest BCUT2D eigenvalue weighted by molar-refractivity contribution is -0.0966. The molecule has 0 aromatic carbocycles. The van der Waals surface area contributed by atoms with E-state index in [0.717, 1.165) is 18.4 Å². The third-order valence-corrected chi connectivity index (χ3v) is 4.95. The molecule has 0 radical (unpaired) electrons. The van der Waals surface area contributed by atoms with Crippen LogP contribution in [0.3, 0.4) is 0 Å². The SMILES string of the molecule is NC(CC1CC1)C1CCOC2(CCCC2)C1. The van der Waals surface area contributed by atoms with Crippen molar-refractivity contribution in [3.8, 4) is 0 Å². The minimum atomic E-state index is 0.254. The second kappa shape index (κ2) is 4.30. The Hall–Kier alpha value is -0.0800. The Balaban J connectivity index is 1.57. The van der Waals surface area contributed by atoms with Gasteiger partial charge < -0.3 is 10.5 Å². The molecule has 2 atom stereocenters. The summed E-state index contributed by atoms with van der Waals surface area (Å²) in [6.07, 6.45) is 11.9. The molecule has 1 spiro atoms. The van der Waals surface area contributed by atoms with E-state index in [0.29, 0.717) is 6.04 Å². The van der Waals surface area contributed by atoms with Gasteiger partial charge in [-0.15, -0.1) is 0 Å². The zero-order valence-electron chi connectivity index (χ0n) is 10.3. The molecule has 2 N–H and O–H groups in total. The standard InChI is InChI=1S/C14H25NO/c15-13(9-11-3-4-11)12-5-8-16-14(10-12)6-1-2-7-14/h11-13H,1-10,15H2. The van der Waals surface area contributed by atoms with Crippen molar-refractivity contribution in [2.45, 2.75) is 69.4 Å². The molecule has 0 amide bonds. The van der Waals surface area contributed by atoms with E-state index in [1.54, 1.807) is 0 Å². The lowest BCUT2D eigenvalue weighted by Crippen LogP contribution is -2.43. The summed E-state index contributed by atoms with van der Waals surface area (Å²) in [4.78, 5) is 0. The largest absolute Gasteiger partial charge is 0.375 e. The Kier molecular flexibility index (Phi) is 2.97. The zero-order chi connectivity index (χ0) is 11.0. The van der Waals surface area contributed by atoms with Crippen LogP contribution in [0.2, 0.25) is 0 Å². The molecule has 0 bridgehead atoms. The number of nitrogens with two attached hydrogens (primary N) is 1. The minimum Gasteiger partial charge on any atom is -0.375 e. The van der Waals surface area contributed by atoms with Gasteiger partial charge in [-0.1, -0.05) is 25.7 Å². The van der Waals surface area contributed by atoms with Gasteiger partial charge in [-0.2, -0.15) is 0 Å². The fourth-order valence-electron chi connectivity index (χ4n) is 3.73. The van der Waals surface area contributed by atoms with Crippen molar-refractivity contribution in [1.29, 1.82) is 0 Å². The molecule has 1 heterocycles. The zero-order valence-corrected chi connectivity index (χ0v) is 10.3. The second-order valence-electron chi connectivity index (χ2n) is 6.33. The van der Waals surface area contributed by atoms with E-state index in [9.17, 15) is 0 Å². The van der Waals surface area contributed by atoms with Gasteiger partial charge in [0.2, 0.25) is 0 Å². The maximum Gasteiger partial charge on any atom is 0.0685 e. The molecule has 2 aliphatic carbocycles. The van der Waals surface area contributed by atoms with Crippen LogP contribution in [0, 0.1) is 11.8 Å². The van der Waals surface area contributed by atoms with E-state index in [4.69, 9.17) is 10.5 Å². The van der Waals surface area contributed by atoms with Gasteiger partial charge in [0.05, 0.1) is 5.60 Å². The van der Waals surface area contributed by atoms with Crippen LogP contribution in [-0.4, -0.2) is 18.2 Å². The van der Waals surface area contributed by atoms with E-state index in [2.05, 4.69) is 0 Å². The smallest absolute Gasteiger partial charge is 0.0685 e. The summed E-state index contributed by atoms with van der Waals surface area (Å²) >= 11 is 0. The fraction of sp³-hybridized carbons (Fsp3) is 1.00. The summed E-state index contributed by atoms with van der Waals surface area (Å²) < 4.78 is 6.07. The van der Waals surface area contributed by atoms with Gasteiger partial charge in [-0.25, -0.2) is 0 Å². The predicted octanol–water partition coefficient (Wildman–Crippen LogP) is 2.85. The minimum absolute atomic E-state index is 0.254. The highest BCUT2D eigenvalue weighted by Gasteiger charge is 2.42. The molecule has 2 heteroatoms. The summed E-state index contributed by atoms with van der Waals surface area (Å²) in [5.41, 5.74) is 6.64. The van der Waals surface area contributed by atoms with Crippen molar-refractivity contribution in [3.05, 3.63) is 0 Å². The van der Waals surface area contributed by atoms with Crippen molar-refractivity contribution in [2.75, 3.05) is 6.61 Å². The molecule has 3 fully saturated rings. The number of ether oxygens (including phenoxy) is 1. The molecule has 1 aliphatic heterocycles. The van der Waals surface area contributed by atoms with Crippen LogP contribution in [0.15, 0.2) is 0 Å². The van der Waals surface area contributed by atoms with Gasteiger partial charge in [-0.3, -0.25) is 0 Å². The van der Waals surface area contributed by atoms with Gasteiger partial charge in [0.15, 0.2) is 0 Å². The third kappa shape index (κ3) is 2.28. The highest BCUT2D eigenvalue weighted by molar-refractivity contribution is 4.94. The Morgan fingerprint density at radius 3 is 2.62 bits per heavy atom. The fourth-order valence-corrected chi connectivity index (χ4v) is 3.73. The van der Waals surface area contributed by atoms with E-state index in [1.807, 2.05) is 0 Å². The first-order valence-electron chi connectivity index (χ1n) is 7.17. The number of rotatable bonds is 3. The van der Waals surface area contributed by atoms with Crippen LogP contribution < -0.4 is 5.73 Å². The van der Waals surface area contributed by atoms with Gasteiger partial charge in [0.25, 0.3) is 0 Å². The average Bonchev–Trinajstić information content (AvgIpc) is 3.00. The molecule has 2 nitrogen and oxygen atoms in total. The van der Waals surface area contributed by atoms with Gasteiger partial charge in [0, 0.05) is 12.6 Å². The maximum atomic E-state index is 6.38. The topological polar surface area (TPSA) is 35.2 Å². The summed E-state index contributed by atoms with van der Waals surface area (Å²) in [5, 5.41) is 0. The van der Waals surface area contributed by atoms with Crippen molar-refractivity contribution >= 4 is 0 Å². The maximum absolute atomic E-state index is 6.38. The molecule has 2 saturated carbocycles. The summed E-state index contributed by atoms with van der Waals surface area (Å²) in [6, 6.07) is 0.453. The highest BCUT2D eigenvalue weighted by atomic mass is 16.5. The highest BCUT2D eigenvalue weighted by Crippen LogP contribution is 2.44. The molecule has 0 aromatic rings. The van der Waals surface area contributed by atoms with Gasteiger partial charge in [0.1, 0.15) is 0 Å². The van der Waals surface area contributed by atoms with Gasteiger partial charge in [-0.05, 0) is 43.9 Å². The number of hydrogen-bond donors (Lipinski definition) is 1. The van der Waals surface area contributed by atoms with Crippen LogP contribution >= 0.6 is 0 Å². The van der Waals surface area contributed by atoms with E-state index >= 15 is 0 Å². The Labute approximate surface area is 98.9 Å². The van der Waals surface area contributed by atoms with Crippen molar-refractivity contribution in [1.82, 2.24) is 0 Å². The molecule has 0 aromatic heterocycles. The lowest BCUT2D eigenvalue weighted by atomic mass is 9.79. The second-order valence-corrected chi connectivity index (χ2v) is 6.33. The molecule has 1 saturated heterocycles. The molecule has 3 rings (SSSR count). The molecular formula is C14H25NO. The summed E-state index contributed by atoms with van der Waals surface area (Å²) in [6.45, 7) is 0.961. The van der Waals surface area contributed by atoms with Crippen LogP contribution in [0.1, 0.15) is 57.8 Å². The van der Waals surface area contributed by atoms with Crippen LogP contribution in [-0.2, 0) is 4.74 Å². The van der Waals surface area contributed by atoms with Crippen LogP contribution in [0.25, 0.3) is 0 Å². The normalized spacial score (nSPS) is 35.4. The van der Waals surface area contributed by atoms with Crippen LogP contribution in [0.4, 0.5) is 0 Å². The third-order valence-electron chi connectivity index (χ3n) is 4.95. The van der Waals surface area contributed by atoms with Crippen LogP contribution in [0.5, 0.6) is 0 Å². The predicted molar refractivity (Wildman–Crippen MR) is 65.2 cm³/mol. The molecule has 2 unspecified atom stereocenters. The Morgan fingerprint density at radius 1 is 1.19 bits per heavy atom. The monoisotopic (exact) mass is 223 g/mol. The lowest BCUT2D eigenvalue weighted by Gasteiger charge is -2.40. The number of hydrogen-bond acceptors (Lipinski definition) is 2. The first kappa shape index (κ1) is 11.0. The summed E-state index contributed by atoms with van der Waals surface area (Å²) in [7, 11) is 0. The van der Waals surface area contributed by atoms with E-state index in [-0.39, 0.29) is 5.60 Å². The summed E-state index contributed by atoms with van der Waals surface area (Å²) in [5.74, 6) is 1.71. The Morgan fingerprint density at radius 2 is 1.94 bits per heavy atom. The van der Waals surface area contributed by atoms with E-state index in [1.165, 1.54) is 57.8 Å². The first-order chi connectivity index (χ1) is 7.77. The molecule has 16 heavy (non-hydrogen) atoms. The van der Waals surface area contributed by atoms with Crippen molar-refractivity contribution in [3.63, 3.8) is 0 Å². The van der Waals surface area contributed by atoms with Gasteiger partial charge >= 0.3 is 0 Å². The Bertz CT molecular complexity index is 243. The van der Waals surface area contributed by atoms with Crippen molar-refractivity contribution in [2.24, 2.45) is 17.6 Å². The molecule has 3 aliphatic rings. The quantitative estimate of drug-likeness (QED) is 0.798.